The molecule has 0 saturated carbocycles. The van der Waals surface area contributed by atoms with Gasteiger partial charge in [0, 0.05) is 37.1 Å². The highest BCUT2D eigenvalue weighted by atomic mass is 19.4. The maximum Gasteiger partial charge on any atom is 0.416 e. The van der Waals surface area contributed by atoms with Gasteiger partial charge in [-0.2, -0.15) is 13.2 Å². The van der Waals surface area contributed by atoms with Crippen molar-refractivity contribution in [1.82, 2.24) is 19.9 Å². The molecule has 6 rings (SSSR count). The van der Waals surface area contributed by atoms with Gasteiger partial charge >= 0.3 is 6.18 Å². The van der Waals surface area contributed by atoms with Gasteiger partial charge in [0.05, 0.1) is 28.9 Å². The fraction of sp³-hybridized carbons (Fsp3) is 0.258. The van der Waals surface area contributed by atoms with Crippen molar-refractivity contribution in [3.05, 3.63) is 89.2 Å². The van der Waals surface area contributed by atoms with Crippen molar-refractivity contribution in [2.75, 3.05) is 29.0 Å². The average molecular weight is 588 g/mol. The number of amides is 2. The highest BCUT2D eigenvalue weighted by molar-refractivity contribution is 6.08. The molecule has 0 radical (unpaired) electrons. The minimum Gasteiger partial charge on any atom is -0.367 e. The molecule has 1 aromatic carbocycles. The summed E-state index contributed by atoms with van der Waals surface area (Å²) in [7, 11) is 0. The summed E-state index contributed by atoms with van der Waals surface area (Å²) >= 11 is 0. The SMILES string of the molecule is Cc1cc(Nc2cc(C(F)(F)F)ccn2)nc(-c2ccc(NC3CCN(C(=O)c4cccc5c4NC(=O)C5)CC3)nc2)c1. The number of nitrogens with zero attached hydrogens (tertiary/aromatic N) is 4. The smallest absolute Gasteiger partial charge is 0.367 e. The lowest BCUT2D eigenvalue weighted by Crippen LogP contribution is -2.42. The highest BCUT2D eigenvalue weighted by Crippen LogP contribution is 2.32. The zero-order chi connectivity index (χ0) is 30.1. The lowest BCUT2D eigenvalue weighted by atomic mass is 10.0. The molecular weight excluding hydrogens is 559 g/mol. The van der Waals surface area contributed by atoms with Crippen LogP contribution in [0.3, 0.4) is 0 Å². The lowest BCUT2D eigenvalue weighted by molar-refractivity contribution is -0.137. The van der Waals surface area contributed by atoms with Crippen molar-refractivity contribution in [2.45, 2.75) is 38.4 Å². The first-order valence-corrected chi connectivity index (χ1v) is 13.9. The van der Waals surface area contributed by atoms with Gasteiger partial charge in [-0.1, -0.05) is 12.1 Å². The number of pyridine rings is 3. The van der Waals surface area contributed by atoms with Crippen molar-refractivity contribution in [1.29, 1.82) is 0 Å². The predicted octanol–water partition coefficient (Wildman–Crippen LogP) is 5.82. The van der Waals surface area contributed by atoms with Crippen LogP contribution in [0.1, 0.15) is 39.9 Å². The van der Waals surface area contributed by atoms with Gasteiger partial charge in [-0.3, -0.25) is 9.59 Å². The Bertz CT molecular complexity index is 1680. The monoisotopic (exact) mass is 587 g/mol. The van der Waals surface area contributed by atoms with Gasteiger partial charge in [-0.25, -0.2) is 15.0 Å². The van der Waals surface area contributed by atoms with Gasteiger partial charge in [-0.05, 0) is 73.4 Å². The van der Waals surface area contributed by atoms with Crippen LogP contribution in [-0.4, -0.2) is 50.8 Å². The molecule has 12 heteroatoms. The van der Waals surface area contributed by atoms with Gasteiger partial charge < -0.3 is 20.9 Å². The number of carbonyl (C=O) groups is 2. The Morgan fingerprint density at radius 1 is 1.00 bits per heavy atom. The van der Waals surface area contributed by atoms with Gasteiger partial charge in [0.15, 0.2) is 0 Å². The molecule has 1 fully saturated rings. The van der Waals surface area contributed by atoms with E-state index in [9.17, 15) is 22.8 Å². The third kappa shape index (κ3) is 6.27. The Morgan fingerprint density at radius 2 is 1.81 bits per heavy atom. The topological polar surface area (TPSA) is 112 Å². The van der Waals surface area contributed by atoms with Crippen LogP contribution in [0.5, 0.6) is 0 Å². The Labute approximate surface area is 245 Å². The number of likely N-dealkylation sites (tertiary alicyclic amines) is 1. The maximum atomic E-state index is 13.2. The van der Waals surface area contributed by atoms with Crippen molar-refractivity contribution < 1.29 is 22.8 Å². The molecule has 0 atom stereocenters. The number of benzene rings is 1. The van der Waals surface area contributed by atoms with Crippen molar-refractivity contribution in [3.63, 3.8) is 0 Å². The Balaban J connectivity index is 1.07. The molecule has 2 amide bonds. The van der Waals surface area contributed by atoms with E-state index in [-0.39, 0.29) is 23.7 Å². The molecule has 2 aliphatic rings. The highest BCUT2D eigenvalue weighted by Gasteiger charge is 2.31. The molecule has 2 aliphatic heterocycles. The number of hydrogen-bond donors (Lipinski definition) is 3. The first-order chi connectivity index (χ1) is 20.6. The van der Waals surface area contributed by atoms with Crippen molar-refractivity contribution in [3.8, 4) is 11.3 Å². The number of alkyl halides is 3. The molecule has 5 heterocycles. The van der Waals surface area contributed by atoms with E-state index in [0.717, 1.165) is 47.9 Å². The number of hydrogen-bond acceptors (Lipinski definition) is 7. The number of halogens is 3. The summed E-state index contributed by atoms with van der Waals surface area (Å²) in [4.78, 5) is 39.9. The van der Waals surface area contributed by atoms with Crippen molar-refractivity contribution in [2.24, 2.45) is 0 Å². The second-order valence-corrected chi connectivity index (χ2v) is 10.7. The van der Waals surface area contributed by atoms with E-state index < -0.39 is 11.7 Å². The third-order valence-electron chi connectivity index (χ3n) is 7.50. The van der Waals surface area contributed by atoms with Crippen LogP contribution in [-0.2, 0) is 17.4 Å². The molecule has 0 spiro atoms. The number of anilines is 4. The summed E-state index contributed by atoms with van der Waals surface area (Å²) in [5.41, 5.74) is 3.44. The zero-order valence-corrected chi connectivity index (χ0v) is 23.2. The van der Waals surface area contributed by atoms with Gasteiger partial charge in [0.1, 0.15) is 17.5 Å². The first-order valence-electron chi connectivity index (χ1n) is 13.9. The zero-order valence-electron chi connectivity index (χ0n) is 23.2. The first kappa shape index (κ1) is 28.1. The summed E-state index contributed by atoms with van der Waals surface area (Å²) in [6.07, 6.45) is 0.115. The van der Waals surface area contributed by atoms with E-state index in [1.54, 1.807) is 18.3 Å². The van der Waals surface area contributed by atoms with E-state index in [2.05, 4.69) is 30.9 Å². The summed E-state index contributed by atoms with van der Waals surface area (Å²) in [6.45, 7) is 3.03. The molecule has 3 N–H and O–H groups in total. The molecule has 3 aromatic heterocycles. The van der Waals surface area contributed by atoms with Gasteiger partial charge in [0.2, 0.25) is 5.91 Å². The van der Waals surface area contributed by atoms with Crippen molar-refractivity contribution >= 4 is 35.0 Å². The molecule has 9 nitrogen and oxygen atoms in total. The molecule has 0 bridgehead atoms. The Morgan fingerprint density at radius 3 is 2.56 bits per heavy atom. The fourth-order valence-corrected chi connectivity index (χ4v) is 5.35. The summed E-state index contributed by atoms with van der Waals surface area (Å²) in [5.74, 6) is 0.927. The average Bonchev–Trinajstić information content (AvgIpc) is 3.37. The second kappa shape index (κ2) is 11.3. The molecule has 220 valence electrons. The van der Waals surface area contributed by atoms with Crippen LogP contribution in [0.25, 0.3) is 11.3 Å². The molecule has 43 heavy (non-hydrogen) atoms. The Kier molecular flexibility index (Phi) is 7.43. The normalized spacial score (nSPS) is 15.2. The standard InChI is InChI=1S/C31H28F3N7O2/c1-18-13-24(38-27(14-18)39-26-16-21(7-10-35-26)31(32,33)34)20-5-6-25(36-17-20)37-22-8-11-41(12-9-22)30(43)23-4-2-3-19-15-28(42)40-29(19)23/h2-7,10,13-14,16-17,22H,8-9,11-12,15H2,1H3,(H,36,37)(H,40,42)(H,35,38,39). The number of nitrogens with one attached hydrogen (secondary N) is 3. The molecular formula is C31H28F3N7O2. The Hall–Kier alpha value is -5.00. The summed E-state index contributed by atoms with van der Waals surface area (Å²) in [6, 6.07) is 14.8. The molecule has 4 aromatic rings. The van der Waals surface area contributed by atoms with Crippen LogP contribution in [0.2, 0.25) is 0 Å². The third-order valence-corrected chi connectivity index (χ3v) is 7.50. The molecule has 0 aliphatic carbocycles. The molecule has 0 unspecified atom stereocenters. The largest absolute Gasteiger partial charge is 0.416 e. The molecule has 1 saturated heterocycles. The van der Waals surface area contributed by atoms with E-state index in [0.29, 0.717) is 48.1 Å². The fourth-order valence-electron chi connectivity index (χ4n) is 5.35. The van der Waals surface area contributed by atoms with E-state index in [4.69, 9.17) is 0 Å². The quantitative estimate of drug-likeness (QED) is 0.261. The number of para-hydroxylation sites is 1. The minimum atomic E-state index is -4.47. The summed E-state index contributed by atoms with van der Waals surface area (Å²) < 4.78 is 39.3. The number of fused-ring (bicyclic) bond motifs is 1. The number of aromatic nitrogens is 3. The second-order valence-electron chi connectivity index (χ2n) is 10.7. The van der Waals surface area contributed by atoms with Gasteiger partial charge in [-0.15, -0.1) is 0 Å². The van der Waals surface area contributed by atoms with Crippen LogP contribution >= 0.6 is 0 Å². The minimum absolute atomic E-state index is 0.0451. The number of rotatable bonds is 6. The number of carbonyl (C=O) groups excluding carboxylic acids is 2. The van der Waals surface area contributed by atoms with E-state index >= 15 is 0 Å². The van der Waals surface area contributed by atoms with E-state index in [1.807, 2.05) is 42.2 Å². The van der Waals surface area contributed by atoms with Crippen LogP contribution in [0.15, 0.2) is 67.0 Å². The van der Waals surface area contributed by atoms with Gasteiger partial charge in [0.25, 0.3) is 5.91 Å². The predicted molar refractivity (Wildman–Crippen MR) is 156 cm³/mol. The van der Waals surface area contributed by atoms with Crippen LogP contribution in [0.4, 0.5) is 36.3 Å². The van der Waals surface area contributed by atoms with Crippen LogP contribution < -0.4 is 16.0 Å². The number of aryl methyl sites for hydroxylation is 1. The number of piperidine rings is 1. The maximum absolute atomic E-state index is 13.2. The van der Waals surface area contributed by atoms with Crippen LogP contribution in [0, 0.1) is 6.92 Å². The lowest BCUT2D eigenvalue weighted by Gasteiger charge is -2.33. The van der Waals surface area contributed by atoms with E-state index in [1.165, 1.54) is 0 Å². The summed E-state index contributed by atoms with van der Waals surface area (Å²) in [5, 5.41) is 9.12.